The molecule has 0 saturated heterocycles. The van der Waals surface area contributed by atoms with Crippen molar-refractivity contribution in [2.24, 2.45) is 11.3 Å². The minimum absolute atomic E-state index is 0.586. The summed E-state index contributed by atoms with van der Waals surface area (Å²) < 4.78 is 0. The molecule has 0 amide bonds. The van der Waals surface area contributed by atoms with Gasteiger partial charge in [-0.05, 0) is 44.6 Å². The fourth-order valence-corrected chi connectivity index (χ4v) is 2.14. The molecule has 0 aromatic heterocycles. The van der Waals surface area contributed by atoms with E-state index in [0.717, 1.165) is 12.3 Å². The molecular weight excluding hydrogens is 158 g/mol. The molecule has 1 nitrogen and oxygen atoms in total. The maximum atomic E-state index is 3.95. The van der Waals surface area contributed by atoms with Crippen molar-refractivity contribution in [3.05, 3.63) is 12.2 Å². The summed E-state index contributed by atoms with van der Waals surface area (Å²) in [5.74, 6) is 0.886. The van der Waals surface area contributed by atoms with Crippen LogP contribution in [0.3, 0.4) is 0 Å². The van der Waals surface area contributed by atoms with Crippen LogP contribution in [-0.4, -0.2) is 13.1 Å². The van der Waals surface area contributed by atoms with Crippen molar-refractivity contribution in [3.63, 3.8) is 0 Å². The summed E-state index contributed by atoms with van der Waals surface area (Å²) in [4.78, 5) is 0. The lowest BCUT2D eigenvalue weighted by Crippen LogP contribution is -2.29. The van der Waals surface area contributed by atoms with E-state index in [4.69, 9.17) is 0 Å². The first-order valence-electron chi connectivity index (χ1n) is 5.29. The first kappa shape index (κ1) is 10.8. The lowest BCUT2D eigenvalue weighted by atomic mass is 9.98. The van der Waals surface area contributed by atoms with Gasteiger partial charge in [-0.15, -0.1) is 6.58 Å². The van der Waals surface area contributed by atoms with Gasteiger partial charge in [0.25, 0.3) is 0 Å². The molecule has 1 saturated carbocycles. The second kappa shape index (κ2) is 3.83. The summed E-state index contributed by atoms with van der Waals surface area (Å²) in [5, 5.41) is 3.43. The highest BCUT2D eigenvalue weighted by Gasteiger charge is 2.49. The SMILES string of the molecule is C=C(C)CCC(NC)C1CC1(C)C. The van der Waals surface area contributed by atoms with Crippen LogP contribution in [0.4, 0.5) is 0 Å². The van der Waals surface area contributed by atoms with Gasteiger partial charge in [0.1, 0.15) is 0 Å². The molecule has 76 valence electrons. The molecular formula is C12H23N. The third-order valence-corrected chi connectivity index (χ3v) is 3.33. The maximum absolute atomic E-state index is 3.95. The molecule has 1 aliphatic rings. The molecule has 13 heavy (non-hydrogen) atoms. The Hall–Kier alpha value is -0.300. The Bertz CT molecular complexity index is 193. The summed E-state index contributed by atoms with van der Waals surface area (Å²) in [6.07, 6.45) is 3.80. The predicted octanol–water partition coefficient (Wildman–Crippen LogP) is 2.98. The Balaban J connectivity index is 2.33. The highest BCUT2D eigenvalue weighted by molar-refractivity contribution is 5.02. The Morgan fingerprint density at radius 1 is 1.62 bits per heavy atom. The van der Waals surface area contributed by atoms with Gasteiger partial charge >= 0.3 is 0 Å². The molecule has 1 aliphatic carbocycles. The zero-order valence-electron chi connectivity index (χ0n) is 9.48. The van der Waals surface area contributed by atoms with Crippen LogP contribution in [0.5, 0.6) is 0 Å². The van der Waals surface area contributed by atoms with E-state index in [2.05, 4.69) is 39.7 Å². The van der Waals surface area contributed by atoms with Crippen LogP contribution < -0.4 is 5.32 Å². The molecule has 0 aromatic carbocycles. The number of rotatable bonds is 5. The average molecular weight is 181 g/mol. The van der Waals surface area contributed by atoms with Crippen LogP contribution in [0.2, 0.25) is 0 Å². The van der Waals surface area contributed by atoms with Gasteiger partial charge in [-0.2, -0.15) is 0 Å². The first-order chi connectivity index (χ1) is 5.97. The quantitative estimate of drug-likeness (QED) is 0.643. The average Bonchev–Trinajstić information content (AvgIpc) is 2.61. The van der Waals surface area contributed by atoms with Crippen LogP contribution >= 0.6 is 0 Å². The van der Waals surface area contributed by atoms with E-state index in [1.807, 2.05) is 0 Å². The van der Waals surface area contributed by atoms with E-state index in [9.17, 15) is 0 Å². The van der Waals surface area contributed by atoms with Crippen molar-refractivity contribution in [1.82, 2.24) is 5.32 Å². The molecule has 0 radical (unpaired) electrons. The summed E-state index contributed by atoms with van der Waals surface area (Å²) >= 11 is 0. The normalized spacial score (nSPS) is 26.9. The third-order valence-electron chi connectivity index (χ3n) is 3.33. The Morgan fingerprint density at radius 3 is 2.46 bits per heavy atom. The van der Waals surface area contributed by atoms with E-state index in [-0.39, 0.29) is 0 Å². The van der Waals surface area contributed by atoms with Crippen molar-refractivity contribution in [3.8, 4) is 0 Å². The van der Waals surface area contributed by atoms with Crippen LogP contribution in [0.15, 0.2) is 12.2 Å². The van der Waals surface area contributed by atoms with Crippen molar-refractivity contribution in [2.45, 2.75) is 46.1 Å². The second-order valence-electron chi connectivity index (χ2n) is 5.19. The summed E-state index contributed by atoms with van der Waals surface area (Å²) in [5.41, 5.74) is 1.89. The van der Waals surface area contributed by atoms with Gasteiger partial charge in [-0.25, -0.2) is 0 Å². The van der Waals surface area contributed by atoms with Crippen LogP contribution in [0.1, 0.15) is 40.0 Å². The van der Waals surface area contributed by atoms with Gasteiger partial charge in [-0.1, -0.05) is 19.4 Å². The highest BCUT2D eigenvalue weighted by atomic mass is 14.9. The highest BCUT2D eigenvalue weighted by Crippen LogP contribution is 2.54. The van der Waals surface area contributed by atoms with Crippen LogP contribution in [0.25, 0.3) is 0 Å². The van der Waals surface area contributed by atoms with Gasteiger partial charge in [0, 0.05) is 6.04 Å². The van der Waals surface area contributed by atoms with Gasteiger partial charge in [0.15, 0.2) is 0 Å². The van der Waals surface area contributed by atoms with Crippen molar-refractivity contribution in [1.29, 1.82) is 0 Å². The largest absolute Gasteiger partial charge is 0.317 e. The van der Waals surface area contributed by atoms with Gasteiger partial charge in [0.2, 0.25) is 0 Å². The van der Waals surface area contributed by atoms with Crippen molar-refractivity contribution < 1.29 is 0 Å². The number of allylic oxidation sites excluding steroid dienone is 1. The molecule has 0 spiro atoms. The van der Waals surface area contributed by atoms with Crippen LogP contribution in [-0.2, 0) is 0 Å². The van der Waals surface area contributed by atoms with Gasteiger partial charge in [-0.3, -0.25) is 0 Å². The molecule has 2 unspecified atom stereocenters. The molecule has 1 heteroatoms. The zero-order chi connectivity index (χ0) is 10.1. The molecule has 2 atom stereocenters. The van der Waals surface area contributed by atoms with E-state index < -0.39 is 0 Å². The smallest absolute Gasteiger partial charge is 0.0101 e. The van der Waals surface area contributed by atoms with Gasteiger partial charge in [0.05, 0.1) is 0 Å². The molecule has 1 rings (SSSR count). The lowest BCUT2D eigenvalue weighted by Gasteiger charge is -2.17. The molecule has 0 heterocycles. The molecule has 0 aromatic rings. The minimum Gasteiger partial charge on any atom is -0.317 e. The fourth-order valence-electron chi connectivity index (χ4n) is 2.14. The standard InChI is InChI=1S/C12H23N/c1-9(2)6-7-11(13-5)10-8-12(10,3)4/h10-11,13H,1,6-8H2,2-5H3. The second-order valence-corrected chi connectivity index (χ2v) is 5.19. The Kier molecular flexibility index (Phi) is 3.18. The van der Waals surface area contributed by atoms with E-state index in [1.165, 1.54) is 18.4 Å². The maximum Gasteiger partial charge on any atom is 0.0101 e. The predicted molar refractivity (Wildman–Crippen MR) is 58.8 cm³/mol. The van der Waals surface area contributed by atoms with Crippen LogP contribution in [0, 0.1) is 11.3 Å². The number of nitrogens with one attached hydrogen (secondary N) is 1. The lowest BCUT2D eigenvalue weighted by molar-refractivity contribution is 0.407. The van der Waals surface area contributed by atoms with E-state index >= 15 is 0 Å². The fraction of sp³-hybridized carbons (Fsp3) is 0.833. The van der Waals surface area contributed by atoms with Crippen molar-refractivity contribution in [2.75, 3.05) is 7.05 Å². The molecule has 0 bridgehead atoms. The van der Waals surface area contributed by atoms with E-state index in [1.54, 1.807) is 0 Å². The molecule has 0 aliphatic heterocycles. The molecule has 1 N–H and O–H groups in total. The van der Waals surface area contributed by atoms with E-state index in [0.29, 0.717) is 11.5 Å². The number of hydrogen-bond acceptors (Lipinski definition) is 1. The van der Waals surface area contributed by atoms with Gasteiger partial charge < -0.3 is 5.32 Å². The van der Waals surface area contributed by atoms with Crippen molar-refractivity contribution >= 4 is 0 Å². The number of hydrogen-bond donors (Lipinski definition) is 1. The molecule has 1 fully saturated rings. The Morgan fingerprint density at radius 2 is 2.15 bits per heavy atom. The third kappa shape index (κ3) is 2.84. The first-order valence-corrected chi connectivity index (χ1v) is 5.29. The summed E-state index contributed by atoms with van der Waals surface area (Å²) in [6.45, 7) is 10.8. The Labute approximate surface area is 82.6 Å². The summed E-state index contributed by atoms with van der Waals surface area (Å²) in [6, 6.07) is 0.701. The monoisotopic (exact) mass is 181 g/mol. The topological polar surface area (TPSA) is 12.0 Å². The minimum atomic E-state index is 0.586. The zero-order valence-corrected chi connectivity index (χ0v) is 9.48. The summed E-state index contributed by atoms with van der Waals surface area (Å²) in [7, 11) is 2.08.